The van der Waals surface area contributed by atoms with E-state index in [1.165, 1.54) is 12.7 Å². The normalized spacial score (nSPS) is 38.0. The van der Waals surface area contributed by atoms with Gasteiger partial charge >= 0.3 is 5.97 Å². The Morgan fingerprint density at radius 2 is 2.20 bits per heavy atom. The summed E-state index contributed by atoms with van der Waals surface area (Å²) in [6.45, 7) is 6.85. The molecule has 1 saturated carbocycles. The van der Waals surface area contributed by atoms with Crippen molar-refractivity contribution < 1.29 is 19.1 Å². The molecule has 3 rings (SSSR count). The first-order valence-electron chi connectivity index (χ1n) is 9.31. The molecule has 5 atom stereocenters. The topological polar surface area (TPSA) is 59.7 Å². The SMILES string of the molecule is COC(=O)C1=C[C@H](O)C[C@@H]2[C@@](C)(CCc3ccoc3)[C@H](C)CC[C@@]12C. The molecule has 0 spiro atoms. The molecule has 0 aliphatic heterocycles. The maximum Gasteiger partial charge on any atom is 0.334 e. The zero-order valence-corrected chi connectivity index (χ0v) is 15.7. The van der Waals surface area contributed by atoms with E-state index in [-0.39, 0.29) is 22.7 Å². The molecule has 1 aromatic heterocycles. The van der Waals surface area contributed by atoms with E-state index in [9.17, 15) is 9.90 Å². The summed E-state index contributed by atoms with van der Waals surface area (Å²) in [6, 6.07) is 2.02. The highest BCUT2D eigenvalue weighted by Gasteiger charge is 2.56. The Morgan fingerprint density at radius 3 is 2.84 bits per heavy atom. The molecule has 0 unspecified atom stereocenters. The van der Waals surface area contributed by atoms with E-state index in [0.29, 0.717) is 17.9 Å². The molecule has 1 N–H and O–H groups in total. The first kappa shape index (κ1) is 18.2. The first-order chi connectivity index (χ1) is 11.8. The minimum absolute atomic E-state index is 0.0543. The fourth-order valence-electron chi connectivity index (χ4n) is 5.32. The molecule has 0 aromatic carbocycles. The standard InChI is InChI=1S/C21H30O4/c1-14-5-8-21(3)17(19(23)24-4)11-16(22)12-18(21)20(14,2)9-6-15-7-10-25-13-15/h7,10-11,13-14,16,18,22H,5-6,8-9,12H2,1-4H3/t14-,16+,18-,20+,21+/m1/s1. The molecule has 138 valence electrons. The number of aliphatic hydroxyl groups excluding tert-OH is 1. The van der Waals surface area contributed by atoms with Crippen molar-refractivity contribution in [2.75, 3.05) is 7.11 Å². The predicted molar refractivity (Wildman–Crippen MR) is 95.9 cm³/mol. The van der Waals surface area contributed by atoms with Gasteiger partial charge in [-0.1, -0.05) is 20.8 Å². The van der Waals surface area contributed by atoms with Crippen molar-refractivity contribution in [3.63, 3.8) is 0 Å². The number of aryl methyl sites for hydroxylation is 1. The number of carbonyl (C=O) groups is 1. The summed E-state index contributed by atoms with van der Waals surface area (Å²) in [5.41, 5.74) is 1.70. The molecule has 1 aromatic rings. The van der Waals surface area contributed by atoms with Gasteiger partial charge in [0.05, 0.1) is 25.7 Å². The molecular weight excluding hydrogens is 316 g/mol. The number of furan rings is 1. The van der Waals surface area contributed by atoms with E-state index in [2.05, 4.69) is 20.8 Å². The van der Waals surface area contributed by atoms with Crippen LogP contribution in [0.15, 0.2) is 34.7 Å². The zero-order chi connectivity index (χ0) is 18.2. The van der Waals surface area contributed by atoms with Crippen molar-refractivity contribution in [1.82, 2.24) is 0 Å². The van der Waals surface area contributed by atoms with Gasteiger partial charge in [0, 0.05) is 11.0 Å². The maximum atomic E-state index is 12.4. The Balaban J connectivity index is 1.93. The maximum absolute atomic E-state index is 12.4. The lowest BCUT2D eigenvalue weighted by atomic mass is 9.46. The summed E-state index contributed by atoms with van der Waals surface area (Å²) in [7, 11) is 1.42. The summed E-state index contributed by atoms with van der Waals surface area (Å²) >= 11 is 0. The second kappa shape index (κ2) is 6.64. The van der Waals surface area contributed by atoms with E-state index >= 15 is 0 Å². The highest BCUT2D eigenvalue weighted by molar-refractivity contribution is 5.90. The lowest BCUT2D eigenvalue weighted by molar-refractivity contribution is -0.141. The Morgan fingerprint density at radius 1 is 1.44 bits per heavy atom. The highest BCUT2D eigenvalue weighted by atomic mass is 16.5. The smallest absolute Gasteiger partial charge is 0.334 e. The van der Waals surface area contributed by atoms with Crippen LogP contribution in [0.1, 0.15) is 52.0 Å². The van der Waals surface area contributed by atoms with Crippen molar-refractivity contribution in [3.8, 4) is 0 Å². The van der Waals surface area contributed by atoms with Gasteiger partial charge in [0.15, 0.2) is 0 Å². The molecule has 0 saturated heterocycles. The molecule has 1 fully saturated rings. The van der Waals surface area contributed by atoms with Gasteiger partial charge < -0.3 is 14.3 Å². The van der Waals surface area contributed by atoms with Gasteiger partial charge in [0.1, 0.15) is 0 Å². The van der Waals surface area contributed by atoms with Gasteiger partial charge in [-0.25, -0.2) is 4.79 Å². The zero-order valence-electron chi connectivity index (χ0n) is 15.7. The number of rotatable bonds is 4. The average Bonchev–Trinajstić information content (AvgIpc) is 3.11. The molecule has 4 nitrogen and oxygen atoms in total. The lowest BCUT2D eigenvalue weighted by Gasteiger charge is -2.58. The molecule has 1 heterocycles. The number of carbonyl (C=O) groups excluding carboxylic acids is 1. The van der Waals surface area contributed by atoms with Crippen LogP contribution in [0.2, 0.25) is 0 Å². The van der Waals surface area contributed by atoms with E-state index in [1.807, 2.05) is 12.3 Å². The van der Waals surface area contributed by atoms with Crippen LogP contribution in [0, 0.1) is 22.7 Å². The van der Waals surface area contributed by atoms with Gasteiger partial charge in [0.25, 0.3) is 0 Å². The molecule has 2 aliphatic carbocycles. The summed E-state index contributed by atoms with van der Waals surface area (Å²) < 4.78 is 10.2. The van der Waals surface area contributed by atoms with Crippen LogP contribution < -0.4 is 0 Å². The number of esters is 1. The first-order valence-corrected chi connectivity index (χ1v) is 9.31. The summed E-state index contributed by atoms with van der Waals surface area (Å²) in [5.74, 6) is 0.504. The summed E-state index contributed by atoms with van der Waals surface area (Å²) in [4.78, 5) is 12.4. The molecule has 0 bridgehead atoms. The van der Waals surface area contributed by atoms with Crippen molar-refractivity contribution >= 4 is 5.97 Å². The van der Waals surface area contributed by atoms with Crippen LogP contribution in [0.3, 0.4) is 0 Å². The molecule has 2 aliphatic rings. The van der Waals surface area contributed by atoms with Gasteiger partial charge in [-0.3, -0.25) is 0 Å². The van der Waals surface area contributed by atoms with Gasteiger partial charge in [-0.05, 0) is 67.1 Å². The third kappa shape index (κ3) is 3.05. The monoisotopic (exact) mass is 346 g/mol. The third-order valence-electron chi connectivity index (χ3n) is 7.18. The van der Waals surface area contributed by atoms with Crippen molar-refractivity contribution in [1.29, 1.82) is 0 Å². The predicted octanol–water partition coefficient (Wildman–Crippen LogP) is 4.13. The van der Waals surface area contributed by atoms with E-state index in [4.69, 9.17) is 9.15 Å². The number of aliphatic hydroxyl groups is 1. The minimum atomic E-state index is -0.578. The van der Waals surface area contributed by atoms with Crippen molar-refractivity contribution in [3.05, 3.63) is 35.8 Å². The van der Waals surface area contributed by atoms with Crippen molar-refractivity contribution in [2.24, 2.45) is 22.7 Å². The Bertz CT molecular complexity index is 647. The molecular formula is C21H30O4. The van der Waals surface area contributed by atoms with E-state index < -0.39 is 6.10 Å². The Hall–Kier alpha value is -1.55. The molecule has 4 heteroatoms. The number of methoxy groups -OCH3 is 1. The lowest BCUT2D eigenvalue weighted by Crippen LogP contribution is -2.53. The number of fused-ring (bicyclic) bond motifs is 1. The number of ether oxygens (including phenoxy) is 1. The number of hydrogen-bond donors (Lipinski definition) is 1. The fraction of sp³-hybridized carbons (Fsp3) is 0.667. The Labute approximate surface area is 150 Å². The van der Waals surface area contributed by atoms with Crippen LogP contribution in [0.4, 0.5) is 0 Å². The van der Waals surface area contributed by atoms with E-state index in [0.717, 1.165) is 25.7 Å². The van der Waals surface area contributed by atoms with Gasteiger partial charge in [-0.2, -0.15) is 0 Å². The second-order valence-electron chi connectivity index (χ2n) is 8.42. The van der Waals surface area contributed by atoms with Crippen LogP contribution >= 0.6 is 0 Å². The summed E-state index contributed by atoms with van der Waals surface area (Å²) in [6.07, 6.45) is 9.42. The number of hydrogen-bond acceptors (Lipinski definition) is 4. The van der Waals surface area contributed by atoms with Crippen molar-refractivity contribution in [2.45, 2.75) is 59.0 Å². The fourth-order valence-corrected chi connectivity index (χ4v) is 5.32. The second-order valence-corrected chi connectivity index (χ2v) is 8.42. The minimum Gasteiger partial charge on any atom is -0.472 e. The largest absolute Gasteiger partial charge is 0.472 e. The highest BCUT2D eigenvalue weighted by Crippen LogP contribution is 2.61. The van der Waals surface area contributed by atoms with Crippen LogP contribution in [-0.4, -0.2) is 24.3 Å². The van der Waals surface area contributed by atoms with E-state index in [1.54, 1.807) is 12.3 Å². The molecule has 0 amide bonds. The third-order valence-corrected chi connectivity index (χ3v) is 7.18. The quantitative estimate of drug-likeness (QED) is 0.833. The van der Waals surface area contributed by atoms with Crippen LogP contribution in [-0.2, 0) is 16.0 Å². The molecule has 0 radical (unpaired) electrons. The van der Waals surface area contributed by atoms with Crippen LogP contribution in [0.5, 0.6) is 0 Å². The Kier molecular flexibility index (Phi) is 4.84. The van der Waals surface area contributed by atoms with Crippen LogP contribution in [0.25, 0.3) is 0 Å². The molecule has 25 heavy (non-hydrogen) atoms. The average molecular weight is 346 g/mol. The van der Waals surface area contributed by atoms with Gasteiger partial charge in [0.2, 0.25) is 0 Å². The van der Waals surface area contributed by atoms with Gasteiger partial charge in [-0.15, -0.1) is 0 Å². The summed E-state index contributed by atoms with van der Waals surface area (Å²) in [5, 5.41) is 10.4.